The predicted molar refractivity (Wildman–Crippen MR) is 84.5 cm³/mol. The lowest BCUT2D eigenvalue weighted by molar-refractivity contribution is 0.388. The Morgan fingerprint density at radius 3 is 2.55 bits per heavy atom. The average molecular weight is 335 g/mol. The molecule has 0 unspecified atom stereocenters. The van der Waals surface area contributed by atoms with E-state index in [4.69, 9.17) is 10.7 Å². The summed E-state index contributed by atoms with van der Waals surface area (Å²) in [5.74, 6) is 2.41. The monoisotopic (exact) mass is 334 g/mol. The third-order valence-corrected chi connectivity index (χ3v) is 3.96. The van der Waals surface area contributed by atoms with Crippen LogP contribution in [-0.2, 0) is 5.54 Å². The van der Waals surface area contributed by atoms with E-state index in [0.29, 0.717) is 5.92 Å². The lowest BCUT2D eigenvalue weighted by Crippen LogP contribution is -2.25. The van der Waals surface area contributed by atoms with Crippen molar-refractivity contribution in [2.75, 3.05) is 5.73 Å². The molecule has 20 heavy (non-hydrogen) atoms. The Morgan fingerprint density at radius 2 is 2.00 bits per heavy atom. The molecule has 0 saturated heterocycles. The van der Waals surface area contributed by atoms with Gasteiger partial charge in [0.15, 0.2) is 0 Å². The standard InChI is InChI=1S/C15H19BrN4/c1-15(2,3)20-13(17)12(19-14(20)9-4-5-9)10-6-11(16)8-18-7-10/h6-9H,4-5,17H2,1-3H3. The third kappa shape index (κ3) is 2.35. The molecule has 0 radical (unpaired) electrons. The number of nitrogens with zero attached hydrogens (tertiary/aromatic N) is 3. The molecule has 2 N–H and O–H groups in total. The van der Waals surface area contributed by atoms with Gasteiger partial charge in [-0.1, -0.05) is 0 Å². The zero-order valence-corrected chi connectivity index (χ0v) is 13.6. The molecule has 4 nitrogen and oxygen atoms in total. The fourth-order valence-electron chi connectivity index (χ4n) is 2.53. The molecular formula is C15H19BrN4. The number of anilines is 1. The van der Waals surface area contributed by atoms with Gasteiger partial charge in [0, 0.05) is 33.9 Å². The minimum absolute atomic E-state index is 0.0628. The molecule has 0 aliphatic heterocycles. The van der Waals surface area contributed by atoms with Crippen LogP contribution in [-0.4, -0.2) is 14.5 Å². The molecule has 1 aliphatic carbocycles. The van der Waals surface area contributed by atoms with Gasteiger partial charge in [0.05, 0.1) is 0 Å². The van der Waals surface area contributed by atoms with Crippen LogP contribution in [0.4, 0.5) is 5.82 Å². The topological polar surface area (TPSA) is 56.7 Å². The first-order valence-corrected chi connectivity index (χ1v) is 7.66. The van der Waals surface area contributed by atoms with Gasteiger partial charge in [-0.25, -0.2) is 4.98 Å². The van der Waals surface area contributed by atoms with E-state index in [2.05, 4.69) is 46.3 Å². The van der Waals surface area contributed by atoms with Gasteiger partial charge in [-0.3, -0.25) is 4.98 Å². The van der Waals surface area contributed by atoms with Crippen molar-refractivity contribution in [3.05, 3.63) is 28.8 Å². The van der Waals surface area contributed by atoms with Crippen LogP contribution in [0.1, 0.15) is 45.4 Å². The van der Waals surface area contributed by atoms with E-state index in [9.17, 15) is 0 Å². The Hall–Kier alpha value is -1.36. The molecule has 1 fully saturated rings. The molecule has 0 atom stereocenters. The van der Waals surface area contributed by atoms with Crippen molar-refractivity contribution >= 4 is 21.7 Å². The molecule has 3 rings (SSSR count). The van der Waals surface area contributed by atoms with Gasteiger partial charge in [0.1, 0.15) is 17.3 Å². The van der Waals surface area contributed by atoms with Gasteiger partial charge in [0.25, 0.3) is 0 Å². The maximum Gasteiger partial charge on any atom is 0.132 e. The van der Waals surface area contributed by atoms with E-state index in [0.717, 1.165) is 27.4 Å². The fraction of sp³-hybridized carbons (Fsp3) is 0.467. The van der Waals surface area contributed by atoms with Crippen LogP contribution < -0.4 is 5.73 Å². The van der Waals surface area contributed by atoms with Crippen LogP contribution in [0.3, 0.4) is 0 Å². The second-order valence-electron chi connectivity index (χ2n) is 6.38. The molecule has 0 amide bonds. The molecule has 106 valence electrons. The van der Waals surface area contributed by atoms with Crippen molar-refractivity contribution in [3.63, 3.8) is 0 Å². The maximum absolute atomic E-state index is 6.40. The smallest absolute Gasteiger partial charge is 0.132 e. The number of hydrogen-bond acceptors (Lipinski definition) is 3. The fourth-order valence-corrected chi connectivity index (χ4v) is 2.89. The highest BCUT2D eigenvalue weighted by Gasteiger charge is 2.34. The summed E-state index contributed by atoms with van der Waals surface area (Å²) in [4.78, 5) is 9.04. The van der Waals surface area contributed by atoms with Gasteiger partial charge >= 0.3 is 0 Å². The lowest BCUT2D eigenvalue weighted by atomic mass is 10.1. The molecule has 1 saturated carbocycles. The SMILES string of the molecule is CC(C)(C)n1c(C2CC2)nc(-c2cncc(Br)c2)c1N. The van der Waals surface area contributed by atoms with Crippen LogP contribution >= 0.6 is 15.9 Å². The summed E-state index contributed by atoms with van der Waals surface area (Å²) in [6, 6.07) is 2.01. The average Bonchev–Trinajstić information content (AvgIpc) is 3.11. The second kappa shape index (κ2) is 4.58. The summed E-state index contributed by atoms with van der Waals surface area (Å²) in [6.07, 6.45) is 6.00. The van der Waals surface area contributed by atoms with Gasteiger partial charge < -0.3 is 10.3 Å². The van der Waals surface area contributed by atoms with Crippen LogP contribution in [0.15, 0.2) is 22.9 Å². The molecule has 0 bridgehead atoms. The molecule has 0 aromatic carbocycles. The van der Waals surface area contributed by atoms with E-state index in [-0.39, 0.29) is 5.54 Å². The van der Waals surface area contributed by atoms with Crippen LogP contribution in [0, 0.1) is 0 Å². The molecule has 5 heteroatoms. The predicted octanol–water partition coefficient (Wildman–Crippen LogP) is 3.92. The Bertz CT molecular complexity index is 650. The Labute approximate surface area is 127 Å². The number of aromatic nitrogens is 3. The minimum atomic E-state index is -0.0628. The van der Waals surface area contributed by atoms with Gasteiger partial charge in [0.2, 0.25) is 0 Å². The summed E-state index contributed by atoms with van der Waals surface area (Å²) < 4.78 is 3.12. The molecule has 2 aromatic heterocycles. The zero-order chi connectivity index (χ0) is 14.5. The Morgan fingerprint density at radius 1 is 1.30 bits per heavy atom. The molecule has 2 aromatic rings. The van der Waals surface area contributed by atoms with Gasteiger partial charge in [-0.05, 0) is 55.6 Å². The van der Waals surface area contributed by atoms with Crippen molar-refractivity contribution in [1.82, 2.24) is 14.5 Å². The van der Waals surface area contributed by atoms with Gasteiger partial charge in [-0.15, -0.1) is 0 Å². The number of hydrogen-bond donors (Lipinski definition) is 1. The molecule has 0 spiro atoms. The van der Waals surface area contributed by atoms with E-state index >= 15 is 0 Å². The van der Waals surface area contributed by atoms with Crippen molar-refractivity contribution in [3.8, 4) is 11.3 Å². The van der Waals surface area contributed by atoms with E-state index in [1.807, 2.05) is 12.3 Å². The first-order valence-electron chi connectivity index (χ1n) is 6.87. The molecular weight excluding hydrogens is 316 g/mol. The number of halogens is 1. The minimum Gasteiger partial charge on any atom is -0.383 e. The maximum atomic E-state index is 6.40. The molecule has 2 heterocycles. The van der Waals surface area contributed by atoms with Crippen LogP contribution in [0.2, 0.25) is 0 Å². The largest absolute Gasteiger partial charge is 0.383 e. The Balaban J connectivity index is 2.18. The second-order valence-corrected chi connectivity index (χ2v) is 7.29. The van der Waals surface area contributed by atoms with Crippen molar-refractivity contribution in [2.45, 2.75) is 45.1 Å². The highest BCUT2D eigenvalue weighted by Crippen LogP contribution is 2.44. The summed E-state index contributed by atoms with van der Waals surface area (Å²) in [5, 5.41) is 0. The highest BCUT2D eigenvalue weighted by molar-refractivity contribution is 9.10. The number of pyridine rings is 1. The lowest BCUT2D eigenvalue weighted by Gasteiger charge is -2.25. The molecule has 1 aliphatic rings. The van der Waals surface area contributed by atoms with E-state index in [1.54, 1.807) is 6.20 Å². The third-order valence-electron chi connectivity index (χ3n) is 3.53. The first-order chi connectivity index (χ1) is 9.38. The summed E-state index contributed by atoms with van der Waals surface area (Å²) in [6.45, 7) is 6.50. The van der Waals surface area contributed by atoms with Crippen molar-refractivity contribution < 1.29 is 0 Å². The Kier molecular flexibility index (Phi) is 3.12. The quantitative estimate of drug-likeness (QED) is 0.905. The van der Waals surface area contributed by atoms with Crippen molar-refractivity contribution in [1.29, 1.82) is 0 Å². The number of rotatable bonds is 2. The van der Waals surface area contributed by atoms with E-state index < -0.39 is 0 Å². The van der Waals surface area contributed by atoms with Gasteiger partial charge in [-0.2, -0.15) is 0 Å². The van der Waals surface area contributed by atoms with Crippen LogP contribution in [0.25, 0.3) is 11.3 Å². The number of imidazole rings is 1. The number of nitrogens with two attached hydrogens (primary N) is 1. The first kappa shape index (κ1) is 13.6. The highest BCUT2D eigenvalue weighted by atomic mass is 79.9. The summed E-state index contributed by atoms with van der Waals surface area (Å²) >= 11 is 3.45. The normalized spacial score (nSPS) is 15.6. The summed E-state index contributed by atoms with van der Waals surface area (Å²) in [7, 11) is 0. The summed E-state index contributed by atoms with van der Waals surface area (Å²) in [5.41, 5.74) is 8.14. The number of nitrogen functional groups attached to an aromatic ring is 1. The van der Waals surface area contributed by atoms with Crippen molar-refractivity contribution in [2.24, 2.45) is 0 Å². The van der Waals surface area contributed by atoms with Crippen LogP contribution in [0.5, 0.6) is 0 Å². The van der Waals surface area contributed by atoms with E-state index in [1.165, 1.54) is 12.8 Å². The zero-order valence-electron chi connectivity index (χ0n) is 12.0.